The molecule has 1 aliphatic rings. The van der Waals surface area contributed by atoms with Crippen molar-refractivity contribution in [2.45, 2.75) is 33.6 Å². The molecule has 1 amide bonds. The minimum atomic E-state index is -0.0151. The highest BCUT2D eigenvalue weighted by Crippen LogP contribution is 2.26. The minimum Gasteiger partial charge on any atom is -0.341 e. The van der Waals surface area contributed by atoms with Gasteiger partial charge in [0.25, 0.3) is 0 Å². The first-order valence-corrected chi connectivity index (χ1v) is 8.94. The van der Waals surface area contributed by atoms with E-state index in [1.807, 2.05) is 45.0 Å². The van der Waals surface area contributed by atoms with E-state index in [2.05, 4.69) is 20.2 Å². The number of piperidine rings is 1. The molecule has 2 aromatic rings. The van der Waals surface area contributed by atoms with Crippen LogP contribution in [0.5, 0.6) is 0 Å². The molecular formula is C19H23ClN4O. The van der Waals surface area contributed by atoms with E-state index in [0.717, 1.165) is 48.8 Å². The molecule has 0 bridgehead atoms. The van der Waals surface area contributed by atoms with Crippen LogP contribution in [0, 0.1) is 26.7 Å². The lowest BCUT2D eigenvalue weighted by atomic mass is 9.96. The van der Waals surface area contributed by atoms with E-state index in [1.54, 1.807) is 0 Å². The number of anilines is 2. The van der Waals surface area contributed by atoms with Crippen LogP contribution in [0.25, 0.3) is 0 Å². The highest BCUT2D eigenvalue weighted by Gasteiger charge is 2.26. The third-order valence-corrected chi connectivity index (χ3v) is 4.83. The minimum absolute atomic E-state index is 0.0151. The number of carbonyl (C=O) groups excluding carboxylic acids is 1. The summed E-state index contributed by atoms with van der Waals surface area (Å²) in [7, 11) is 0. The summed E-state index contributed by atoms with van der Waals surface area (Å²) in [5.74, 6) is 0.783. The van der Waals surface area contributed by atoms with Gasteiger partial charge in [-0.3, -0.25) is 4.79 Å². The van der Waals surface area contributed by atoms with Crippen LogP contribution in [0.1, 0.15) is 29.8 Å². The maximum atomic E-state index is 12.6. The van der Waals surface area contributed by atoms with Gasteiger partial charge in [-0.25, -0.2) is 9.97 Å². The third-order valence-electron chi connectivity index (χ3n) is 4.50. The summed E-state index contributed by atoms with van der Waals surface area (Å²) in [5.41, 5.74) is 3.70. The molecule has 0 spiro atoms. The second-order valence-electron chi connectivity index (χ2n) is 6.68. The third kappa shape index (κ3) is 4.28. The van der Waals surface area contributed by atoms with Crippen LogP contribution in [-0.4, -0.2) is 29.0 Å². The Balaban J connectivity index is 1.61. The number of halogens is 1. The molecule has 0 atom stereocenters. The molecule has 1 N–H and O–H groups in total. The number of hydrogen-bond acceptors (Lipinski definition) is 4. The average Bonchev–Trinajstić information content (AvgIpc) is 2.57. The number of nitrogens with zero attached hydrogens (tertiary/aromatic N) is 3. The zero-order chi connectivity index (χ0) is 18.0. The molecule has 1 fully saturated rings. The lowest BCUT2D eigenvalue weighted by molar-refractivity contribution is -0.120. The van der Waals surface area contributed by atoms with Crippen molar-refractivity contribution in [2.24, 2.45) is 5.92 Å². The molecule has 25 heavy (non-hydrogen) atoms. The van der Waals surface area contributed by atoms with Gasteiger partial charge >= 0.3 is 0 Å². The number of hydrogen-bond donors (Lipinski definition) is 1. The van der Waals surface area contributed by atoms with Crippen LogP contribution < -0.4 is 10.2 Å². The van der Waals surface area contributed by atoms with Gasteiger partial charge in [0.2, 0.25) is 11.9 Å². The van der Waals surface area contributed by atoms with Gasteiger partial charge in [0, 0.05) is 30.4 Å². The Morgan fingerprint density at radius 2 is 1.76 bits per heavy atom. The molecule has 1 aromatic carbocycles. The predicted molar refractivity (Wildman–Crippen MR) is 101 cm³/mol. The van der Waals surface area contributed by atoms with E-state index in [4.69, 9.17) is 11.6 Å². The number of aromatic nitrogens is 2. The molecule has 1 saturated heterocycles. The summed E-state index contributed by atoms with van der Waals surface area (Å²) in [6.45, 7) is 7.49. The fourth-order valence-corrected chi connectivity index (χ4v) is 3.32. The largest absolute Gasteiger partial charge is 0.341 e. The van der Waals surface area contributed by atoms with E-state index >= 15 is 0 Å². The molecule has 0 aliphatic carbocycles. The van der Waals surface area contributed by atoms with E-state index in [0.29, 0.717) is 10.7 Å². The van der Waals surface area contributed by atoms with Gasteiger partial charge in [-0.05, 0) is 57.4 Å². The van der Waals surface area contributed by atoms with Crippen molar-refractivity contribution in [2.75, 3.05) is 23.3 Å². The van der Waals surface area contributed by atoms with Crippen molar-refractivity contribution in [3.8, 4) is 0 Å². The second-order valence-corrected chi connectivity index (χ2v) is 7.09. The van der Waals surface area contributed by atoms with Crippen LogP contribution in [-0.2, 0) is 4.79 Å². The van der Waals surface area contributed by atoms with E-state index in [-0.39, 0.29) is 11.8 Å². The first-order chi connectivity index (χ1) is 11.9. The Bertz CT molecular complexity index is 765. The maximum absolute atomic E-state index is 12.6. The summed E-state index contributed by atoms with van der Waals surface area (Å²) in [6, 6.07) is 7.61. The predicted octanol–water partition coefficient (Wildman–Crippen LogP) is 3.91. The summed E-state index contributed by atoms with van der Waals surface area (Å²) >= 11 is 6.17. The van der Waals surface area contributed by atoms with Crippen LogP contribution >= 0.6 is 11.6 Å². The standard InChI is InChI=1S/C19H23ClN4O/c1-12-4-5-16(20)17(10-12)23-18(25)15-6-8-24(9-7-15)19-21-13(2)11-14(3)22-19/h4-5,10-11,15H,6-9H2,1-3H3,(H,23,25). The normalized spacial score (nSPS) is 15.3. The van der Waals surface area contributed by atoms with Crippen LogP contribution in [0.2, 0.25) is 5.02 Å². The quantitative estimate of drug-likeness (QED) is 0.903. The van der Waals surface area contributed by atoms with Gasteiger partial charge in [-0.2, -0.15) is 0 Å². The Labute approximate surface area is 153 Å². The first kappa shape index (κ1) is 17.7. The molecule has 3 rings (SSSR count). The molecule has 0 saturated carbocycles. The van der Waals surface area contributed by atoms with Crippen molar-refractivity contribution in [1.29, 1.82) is 0 Å². The maximum Gasteiger partial charge on any atom is 0.227 e. The SMILES string of the molecule is Cc1ccc(Cl)c(NC(=O)C2CCN(c3nc(C)cc(C)n3)CC2)c1. The molecule has 0 radical (unpaired) electrons. The lowest BCUT2D eigenvalue weighted by Crippen LogP contribution is -2.39. The lowest BCUT2D eigenvalue weighted by Gasteiger charge is -2.31. The number of carbonyl (C=O) groups is 1. The fourth-order valence-electron chi connectivity index (χ4n) is 3.16. The smallest absolute Gasteiger partial charge is 0.227 e. The summed E-state index contributed by atoms with van der Waals surface area (Å²) in [6.07, 6.45) is 1.57. The number of benzene rings is 1. The van der Waals surface area contributed by atoms with E-state index in [1.165, 1.54) is 0 Å². The molecular weight excluding hydrogens is 336 g/mol. The van der Waals surface area contributed by atoms with E-state index < -0.39 is 0 Å². The summed E-state index contributed by atoms with van der Waals surface area (Å²) < 4.78 is 0. The Kier molecular flexibility index (Phi) is 5.23. The second kappa shape index (κ2) is 7.40. The number of aryl methyl sites for hydroxylation is 3. The van der Waals surface area contributed by atoms with Crippen molar-refractivity contribution in [3.05, 3.63) is 46.2 Å². The van der Waals surface area contributed by atoms with Gasteiger partial charge in [-0.15, -0.1) is 0 Å². The molecule has 2 heterocycles. The highest BCUT2D eigenvalue weighted by molar-refractivity contribution is 6.33. The number of rotatable bonds is 3. The van der Waals surface area contributed by atoms with Gasteiger partial charge in [0.15, 0.2) is 0 Å². The van der Waals surface area contributed by atoms with Crippen LogP contribution in [0.4, 0.5) is 11.6 Å². The molecule has 0 unspecified atom stereocenters. The molecule has 1 aliphatic heterocycles. The van der Waals surface area contributed by atoms with Crippen molar-refractivity contribution in [3.63, 3.8) is 0 Å². The van der Waals surface area contributed by atoms with Gasteiger partial charge < -0.3 is 10.2 Å². The molecule has 1 aromatic heterocycles. The van der Waals surface area contributed by atoms with Gasteiger partial charge in [0.05, 0.1) is 10.7 Å². The Hall–Kier alpha value is -2.14. The fraction of sp³-hybridized carbons (Fsp3) is 0.421. The number of amides is 1. The van der Waals surface area contributed by atoms with Gasteiger partial charge in [-0.1, -0.05) is 17.7 Å². The first-order valence-electron chi connectivity index (χ1n) is 8.56. The zero-order valence-electron chi connectivity index (χ0n) is 14.8. The topological polar surface area (TPSA) is 58.1 Å². The van der Waals surface area contributed by atoms with Crippen molar-refractivity contribution >= 4 is 29.1 Å². The van der Waals surface area contributed by atoms with Gasteiger partial charge in [0.1, 0.15) is 0 Å². The highest BCUT2D eigenvalue weighted by atomic mass is 35.5. The summed E-state index contributed by atoms with van der Waals surface area (Å²) in [4.78, 5) is 23.7. The Morgan fingerprint density at radius 1 is 1.12 bits per heavy atom. The van der Waals surface area contributed by atoms with Crippen molar-refractivity contribution < 1.29 is 4.79 Å². The van der Waals surface area contributed by atoms with Crippen molar-refractivity contribution in [1.82, 2.24) is 9.97 Å². The van der Waals surface area contributed by atoms with E-state index in [9.17, 15) is 4.79 Å². The van der Waals surface area contributed by atoms with Crippen LogP contribution in [0.15, 0.2) is 24.3 Å². The zero-order valence-corrected chi connectivity index (χ0v) is 15.6. The Morgan fingerprint density at radius 3 is 2.40 bits per heavy atom. The summed E-state index contributed by atoms with van der Waals surface area (Å²) in [5, 5.41) is 3.54. The van der Waals surface area contributed by atoms with Crippen LogP contribution in [0.3, 0.4) is 0 Å². The monoisotopic (exact) mass is 358 g/mol. The molecule has 132 valence electrons. The molecule has 5 nitrogen and oxygen atoms in total. The number of nitrogens with one attached hydrogen (secondary N) is 1. The average molecular weight is 359 g/mol. The molecule has 6 heteroatoms.